The van der Waals surface area contributed by atoms with Crippen molar-refractivity contribution >= 4 is 11.9 Å². The molecule has 0 saturated heterocycles. The summed E-state index contributed by atoms with van der Waals surface area (Å²) < 4.78 is 15.9. The molecule has 0 unspecified atom stereocenters. The Morgan fingerprint density at radius 1 is 0.957 bits per heavy atom. The maximum Gasteiger partial charge on any atom is 0.204 e. The fourth-order valence-corrected chi connectivity index (χ4v) is 2.33. The van der Waals surface area contributed by atoms with Crippen molar-refractivity contribution < 1.29 is 19.0 Å². The quantitative estimate of drug-likeness (QED) is 0.599. The normalized spacial score (nSPS) is 10.6. The molecule has 120 valence electrons. The molecule has 4 nitrogen and oxygen atoms in total. The molecule has 0 aliphatic heterocycles. The number of methoxy groups -OCH3 is 3. The SMILES string of the molecule is COc1ccc(C(=O)C=Cc2cccc(C)c2)c(OC)c1OC. The number of hydrogen-bond acceptors (Lipinski definition) is 4. The van der Waals surface area contributed by atoms with E-state index in [9.17, 15) is 4.79 Å². The minimum Gasteiger partial charge on any atom is -0.493 e. The Balaban J connectivity index is 2.35. The van der Waals surface area contributed by atoms with Gasteiger partial charge in [0.05, 0.1) is 26.9 Å². The minimum atomic E-state index is -0.163. The molecule has 0 atom stereocenters. The highest BCUT2D eigenvalue weighted by atomic mass is 16.5. The van der Waals surface area contributed by atoms with Crippen LogP contribution in [0.1, 0.15) is 21.5 Å². The monoisotopic (exact) mass is 312 g/mol. The number of hydrogen-bond donors (Lipinski definition) is 0. The number of carbonyl (C=O) groups is 1. The van der Waals surface area contributed by atoms with E-state index in [1.807, 2.05) is 31.2 Å². The van der Waals surface area contributed by atoms with Crippen LogP contribution < -0.4 is 14.2 Å². The Bertz CT molecular complexity index is 732. The summed E-state index contributed by atoms with van der Waals surface area (Å²) >= 11 is 0. The summed E-state index contributed by atoms with van der Waals surface area (Å²) in [5.41, 5.74) is 2.54. The summed E-state index contributed by atoms with van der Waals surface area (Å²) in [6, 6.07) is 11.3. The number of aryl methyl sites for hydroxylation is 1. The zero-order chi connectivity index (χ0) is 16.8. The molecule has 0 fully saturated rings. The number of ether oxygens (including phenoxy) is 3. The third kappa shape index (κ3) is 3.72. The van der Waals surface area contributed by atoms with Crippen molar-refractivity contribution in [2.24, 2.45) is 0 Å². The lowest BCUT2D eigenvalue weighted by Gasteiger charge is -2.14. The van der Waals surface area contributed by atoms with Crippen molar-refractivity contribution in [3.63, 3.8) is 0 Å². The van der Waals surface area contributed by atoms with Crippen LogP contribution in [0.5, 0.6) is 17.2 Å². The molecular weight excluding hydrogens is 292 g/mol. The first-order valence-corrected chi connectivity index (χ1v) is 7.18. The van der Waals surface area contributed by atoms with E-state index >= 15 is 0 Å². The Labute approximate surface area is 136 Å². The van der Waals surface area contributed by atoms with Gasteiger partial charge in [-0.2, -0.15) is 0 Å². The lowest BCUT2D eigenvalue weighted by Crippen LogP contribution is -2.02. The fraction of sp³-hybridized carbons (Fsp3) is 0.211. The van der Waals surface area contributed by atoms with Crippen LogP contribution in [0.4, 0.5) is 0 Å². The van der Waals surface area contributed by atoms with Crippen LogP contribution in [0.25, 0.3) is 6.08 Å². The highest BCUT2D eigenvalue weighted by Crippen LogP contribution is 2.40. The third-order valence-electron chi connectivity index (χ3n) is 3.44. The van der Waals surface area contributed by atoms with Crippen LogP contribution in [-0.4, -0.2) is 27.1 Å². The van der Waals surface area contributed by atoms with Gasteiger partial charge in [0.2, 0.25) is 5.75 Å². The van der Waals surface area contributed by atoms with E-state index in [0.717, 1.165) is 11.1 Å². The average molecular weight is 312 g/mol. The Kier molecular flexibility index (Phi) is 5.41. The van der Waals surface area contributed by atoms with Gasteiger partial charge in [-0.1, -0.05) is 35.9 Å². The van der Waals surface area contributed by atoms with Gasteiger partial charge in [-0.05, 0) is 30.7 Å². The molecular formula is C19H20O4. The smallest absolute Gasteiger partial charge is 0.204 e. The third-order valence-corrected chi connectivity index (χ3v) is 3.44. The van der Waals surface area contributed by atoms with Gasteiger partial charge in [-0.3, -0.25) is 4.79 Å². The van der Waals surface area contributed by atoms with E-state index < -0.39 is 0 Å². The largest absolute Gasteiger partial charge is 0.493 e. The van der Waals surface area contributed by atoms with Crippen molar-refractivity contribution in [2.75, 3.05) is 21.3 Å². The molecule has 0 amide bonds. The molecule has 0 aliphatic rings. The number of carbonyl (C=O) groups excluding carboxylic acids is 1. The van der Waals surface area contributed by atoms with Crippen LogP contribution in [-0.2, 0) is 0 Å². The summed E-state index contributed by atoms with van der Waals surface area (Å²) in [5.74, 6) is 1.13. The molecule has 2 rings (SSSR count). The number of ketones is 1. The maximum absolute atomic E-state index is 12.5. The molecule has 2 aromatic carbocycles. The fourth-order valence-electron chi connectivity index (χ4n) is 2.33. The Morgan fingerprint density at radius 3 is 2.30 bits per heavy atom. The number of rotatable bonds is 6. The molecule has 0 saturated carbocycles. The van der Waals surface area contributed by atoms with E-state index in [-0.39, 0.29) is 5.78 Å². The van der Waals surface area contributed by atoms with E-state index in [1.165, 1.54) is 27.4 Å². The molecule has 0 radical (unpaired) electrons. The van der Waals surface area contributed by atoms with Crippen molar-refractivity contribution in [2.45, 2.75) is 6.92 Å². The highest BCUT2D eigenvalue weighted by molar-refractivity contribution is 6.09. The van der Waals surface area contributed by atoms with Crippen LogP contribution in [0.15, 0.2) is 42.5 Å². The molecule has 0 bridgehead atoms. The van der Waals surface area contributed by atoms with Gasteiger partial charge in [-0.25, -0.2) is 0 Å². The molecule has 4 heteroatoms. The Morgan fingerprint density at radius 2 is 1.70 bits per heavy atom. The van der Waals surface area contributed by atoms with Crippen LogP contribution in [0, 0.1) is 6.92 Å². The first kappa shape index (κ1) is 16.6. The van der Waals surface area contributed by atoms with Gasteiger partial charge >= 0.3 is 0 Å². The van der Waals surface area contributed by atoms with Crippen molar-refractivity contribution in [3.05, 3.63) is 59.2 Å². The van der Waals surface area contributed by atoms with E-state index in [4.69, 9.17) is 14.2 Å². The first-order chi connectivity index (χ1) is 11.1. The van der Waals surface area contributed by atoms with Crippen LogP contribution in [0.2, 0.25) is 0 Å². The molecule has 23 heavy (non-hydrogen) atoms. The molecule has 0 heterocycles. The van der Waals surface area contributed by atoms with Gasteiger partial charge in [-0.15, -0.1) is 0 Å². The summed E-state index contributed by atoms with van der Waals surface area (Å²) in [7, 11) is 4.55. The van der Waals surface area contributed by atoms with Gasteiger partial charge in [0.25, 0.3) is 0 Å². The van der Waals surface area contributed by atoms with Crippen molar-refractivity contribution in [1.29, 1.82) is 0 Å². The Hall–Kier alpha value is -2.75. The van der Waals surface area contributed by atoms with Crippen LogP contribution in [0.3, 0.4) is 0 Å². The van der Waals surface area contributed by atoms with E-state index in [1.54, 1.807) is 18.2 Å². The van der Waals surface area contributed by atoms with Gasteiger partial charge in [0.15, 0.2) is 17.3 Å². The zero-order valence-corrected chi connectivity index (χ0v) is 13.8. The lowest BCUT2D eigenvalue weighted by molar-refractivity contribution is 0.104. The second-order valence-corrected chi connectivity index (χ2v) is 4.99. The zero-order valence-electron chi connectivity index (χ0n) is 13.8. The van der Waals surface area contributed by atoms with E-state index in [0.29, 0.717) is 22.8 Å². The molecule has 0 spiro atoms. The van der Waals surface area contributed by atoms with E-state index in [2.05, 4.69) is 0 Å². The topological polar surface area (TPSA) is 44.8 Å². The van der Waals surface area contributed by atoms with Crippen molar-refractivity contribution in [1.82, 2.24) is 0 Å². The molecule has 2 aromatic rings. The highest BCUT2D eigenvalue weighted by Gasteiger charge is 2.19. The minimum absolute atomic E-state index is 0.163. The summed E-state index contributed by atoms with van der Waals surface area (Å²) in [5, 5.41) is 0. The standard InChI is InChI=1S/C19H20O4/c1-13-6-5-7-14(12-13)8-10-16(20)15-9-11-17(21-2)19(23-4)18(15)22-3/h5-12H,1-4H3. The maximum atomic E-state index is 12.5. The molecule has 0 aliphatic carbocycles. The lowest BCUT2D eigenvalue weighted by atomic mass is 10.1. The predicted molar refractivity (Wildman–Crippen MR) is 90.6 cm³/mol. The molecule has 0 aromatic heterocycles. The van der Waals surface area contributed by atoms with Gasteiger partial charge in [0, 0.05) is 0 Å². The van der Waals surface area contributed by atoms with Crippen LogP contribution >= 0.6 is 0 Å². The second kappa shape index (κ2) is 7.49. The first-order valence-electron chi connectivity index (χ1n) is 7.18. The van der Waals surface area contributed by atoms with Gasteiger partial charge < -0.3 is 14.2 Å². The predicted octanol–water partition coefficient (Wildman–Crippen LogP) is 3.92. The number of benzene rings is 2. The van der Waals surface area contributed by atoms with Gasteiger partial charge in [0.1, 0.15) is 0 Å². The summed E-state index contributed by atoms with van der Waals surface area (Å²) in [6.07, 6.45) is 3.31. The average Bonchev–Trinajstić information content (AvgIpc) is 2.58. The summed E-state index contributed by atoms with van der Waals surface area (Å²) in [4.78, 5) is 12.5. The number of allylic oxidation sites excluding steroid dienone is 1. The second-order valence-electron chi connectivity index (χ2n) is 4.99. The summed E-state index contributed by atoms with van der Waals surface area (Å²) in [6.45, 7) is 2.01. The molecule has 0 N–H and O–H groups in total. The van der Waals surface area contributed by atoms with Crippen molar-refractivity contribution in [3.8, 4) is 17.2 Å².